The molecule has 1 aliphatic carbocycles. The van der Waals surface area contributed by atoms with Crippen LogP contribution in [0.2, 0.25) is 0 Å². The number of benzene rings is 1. The van der Waals surface area contributed by atoms with Crippen LogP contribution in [0.3, 0.4) is 0 Å². The number of ether oxygens (including phenoxy) is 1. The Labute approximate surface area is 117 Å². The van der Waals surface area contributed by atoms with E-state index < -0.39 is 0 Å². The normalized spacial score (nSPS) is 16.2. The van der Waals surface area contributed by atoms with Crippen molar-refractivity contribution in [2.75, 3.05) is 14.2 Å². The number of rotatable bonds is 5. The van der Waals surface area contributed by atoms with Gasteiger partial charge in [-0.1, -0.05) is 18.9 Å². The van der Waals surface area contributed by atoms with Crippen molar-refractivity contribution in [3.05, 3.63) is 27.7 Å². The summed E-state index contributed by atoms with van der Waals surface area (Å²) in [6.07, 6.45) is 5.19. The van der Waals surface area contributed by atoms with Crippen LogP contribution in [-0.2, 0) is 11.4 Å². The maximum atomic E-state index is 5.55. The monoisotopic (exact) mass is 313 g/mol. The van der Waals surface area contributed by atoms with E-state index >= 15 is 0 Å². The molecule has 1 saturated carbocycles. The minimum Gasteiger partial charge on any atom is -0.495 e. The van der Waals surface area contributed by atoms with Gasteiger partial charge < -0.3 is 9.57 Å². The van der Waals surface area contributed by atoms with E-state index in [1.165, 1.54) is 36.8 Å². The smallest absolute Gasteiger partial charge is 0.136 e. The summed E-state index contributed by atoms with van der Waals surface area (Å²) in [4.78, 5) is 4.91. The maximum absolute atomic E-state index is 5.55. The fraction of sp³-hybridized carbons (Fsp3) is 0.571. The Hall–Kier alpha value is -0.580. The fourth-order valence-electron chi connectivity index (χ4n) is 2.69. The van der Waals surface area contributed by atoms with E-state index in [9.17, 15) is 0 Å². The maximum Gasteiger partial charge on any atom is 0.136 e. The second-order valence-electron chi connectivity index (χ2n) is 4.71. The fourth-order valence-corrected chi connectivity index (χ4v) is 3.37. The Kier molecular flexibility index (Phi) is 5.03. The summed E-state index contributed by atoms with van der Waals surface area (Å²) >= 11 is 3.60. The molecule has 0 unspecified atom stereocenters. The topological polar surface area (TPSA) is 30.5 Å². The Morgan fingerprint density at radius 3 is 2.61 bits per heavy atom. The van der Waals surface area contributed by atoms with Crippen LogP contribution in [0, 0.1) is 0 Å². The molecule has 3 nitrogen and oxygen atoms in total. The molecular weight excluding hydrogens is 294 g/mol. The highest BCUT2D eigenvalue weighted by Crippen LogP contribution is 2.42. The van der Waals surface area contributed by atoms with Gasteiger partial charge >= 0.3 is 0 Å². The standard InChI is InChI=1S/C14H20BrNO2/c1-17-14-12(11-5-3-4-6-11)7-10(8-13(14)15)9-16-18-2/h7-8,11,16H,3-6,9H2,1-2H3. The van der Waals surface area contributed by atoms with Gasteiger partial charge in [0.25, 0.3) is 0 Å². The Bertz CT molecular complexity index is 403. The highest BCUT2D eigenvalue weighted by molar-refractivity contribution is 9.10. The van der Waals surface area contributed by atoms with Crippen LogP contribution in [0.5, 0.6) is 5.75 Å². The number of halogens is 1. The lowest BCUT2D eigenvalue weighted by atomic mass is 9.95. The lowest BCUT2D eigenvalue weighted by Gasteiger charge is -2.17. The second-order valence-corrected chi connectivity index (χ2v) is 5.56. The summed E-state index contributed by atoms with van der Waals surface area (Å²) in [5.41, 5.74) is 5.43. The van der Waals surface area contributed by atoms with Crippen LogP contribution in [0.4, 0.5) is 0 Å². The molecule has 100 valence electrons. The average molecular weight is 314 g/mol. The average Bonchev–Trinajstić information content (AvgIpc) is 2.89. The Balaban J connectivity index is 2.30. The summed E-state index contributed by atoms with van der Waals surface area (Å²) in [5, 5.41) is 0. The molecule has 0 radical (unpaired) electrons. The van der Waals surface area contributed by atoms with Gasteiger partial charge in [-0.25, -0.2) is 0 Å². The highest BCUT2D eigenvalue weighted by atomic mass is 79.9. The first-order valence-electron chi connectivity index (χ1n) is 6.38. The minimum absolute atomic E-state index is 0.638. The minimum atomic E-state index is 0.638. The molecule has 0 spiro atoms. The molecule has 0 amide bonds. The summed E-state index contributed by atoms with van der Waals surface area (Å²) in [7, 11) is 3.38. The first kappa shape index (κ1) is 13.8. The van der Waals surface area contributed by atoms with Crippen LogP contribution in [-0.4, -0.2) is 14.2 Å². The van der Waals surface area contributed by atoms with Crippen LogP contribution in [0.15, 0.2) is 16.6 Å². The van der Waals surface area contributed by atoms with E-state index in [-0.39, 0.29) is 0 Å². The van der Waals surface area contributed by atoms with Gasteiger partial charge in [-0.3, -0.25) is 0 Å². The molecule has 1 fully saturated rings. The quantitative estimate of drug-likeness (QED) is 0.839. The largest absolute Gasteiger partial charge is 0.495 e. The van der Waals surface area contributed by atoms with Gasteiger partial charge in [0.05, 0.1) is 18.7 Å². The van der Waals surface area contributed by atoms with Crippen LogP contribution < -0.4 is 10.2 Å². The lowest BCUT2D eigenvalue weighted by Crippen LogP contribution is -2.11. The van der Waals surface area contributed by atoms with E-state index in [1.54, 1.807) is 14.2 Å². The SMILES string of the molecule is CONCc1cc(Br)c(OC)c(C2CCCC2)c1. The molecule has 0 heterocycles. The third-order valence-electron chi connectivity index (χ3n) is 3.55. The molecule has 0 aromatic heterocycles. The predicted octanol–water partition coefficient (Wildman–Crippen LogP) is 3.77. The van der Waals surface area contributed by atoms with Crippen molar-refractivity contribution in [2.45, 2.75) is 38.1 Å². The molecule has 0 saturated heterocycles. The third kappa shape index (κ3) is 3.05. The molecule has 2 rings (SSSR count). The highest BCUT2D eigenvalue weighted by Gasteiger charge is 2.22. The molecule has 0 atom stereocenters. The molecule has 1 aromatic rings. The van der Waals surface area contributed by atoms with E-state index in [4.69, 9.17) is 9.57 Å². The van der Waals surface area contributed by atoms with Gasteiger partial charge in [-0.15, -0.1) is 0 Å². The molecule has 4 heteroatoms. The zero-order valence-corrected chi connectivity index (χ0v) is 12.5. The summed E-state index contributed by atoms with van der Waals surface area (Å²) < 4.78 is 6.58. The number of methoxy groups -OCH3 is 1. The summed E-state index contributed by atoms with van der Waals surface area (Å²) in [6, 6.07) is 4.33. The van der Waals surface area contributed by atoms with Gasteiger partial charge in [0.2, 0.25) is 0 Å². The predicted molar refractivity (Wildman–Crippen MR) is 75.8 cm³/mol. The van der Waals surface area contributed by atoms with Crippen LogP contribution in [0.1, 0.15) is 42.7 Å². The van der Waals surface area contributed by atoms with E-state index in [2.05, 4.69) is 33.5 Å². The Morgan fingerprint density at radius 2 is 2.00 bits per heavy atom. The summed E-state index contributed by atoms with van der Waals surface area (Å²) in [6.45, 7) is 0.707. The van der Waals surface area contributed by atoms with Crippen molar-refractivity contribution in [1.82, 2.24) is 5.48 Å². The molecule has 18 heavy (non-hydrogen) atoms. The van der Waals surface area contributed by atoms with E-state index in [0.717, 1.165) is 10.2 Å². The van der Waals surface area contributed by atoms with E-state index in [0.29, 0.717) is 12.5 Å². The Morgan fingerprint density at radius 1 is 1.28 bits per heavy atom. The second kappa shape index (κ2) is 6.55. The van der Waals surface area contributed by atoms with Gasteiger partial charge in [0.1, 0.15) is 5.75 Å². The van der Waals surface area contributed by atoms with Crippen molar-refractivity contribution < 1.29 is 9.57 Å². The van der Waals surface area contributed by atoms with Gasteiger partial charge in [-0.05, 0) is 51.9 Å². The molecular formula is C14H20BrNO2. The first-order chi connectivity index (χ1) is 8.76. The van der Waals surface area contributed by atoms with Gasteiger partial charge in [-0.2, -0.15) is 5.48 Å². The first-order valence-corrected chi connectivity index (χ1v) is 7.17. The number of nitrogens with one attached hydrogen (secondary N) is 1. The van der Waals surface area contributed by atoms with Crippen LogP contribution in [0.25, 0.3) is 0 Å². The molecule has 1 aliphatic rings. The van der Waals surface area contributed by atoms with Crippen molar-refractivity contribution in [3.63, 3.8) is 0 Å². The zero-order valence-electron chi connectivity index (χ0n) is 11.0. The van der Waals surface area contributed by atoms with Crippen molar-refractivity contribution in [3.8, 4) is 5.75 Å². The molecule has 1 aromatic carbocycles. The van der Waals surface area contributed by atoms with Crippen molar-refractivity contribution in [2.24, 2.45) is 0 Å². The van der Waals surface area contributed by atoms with Gasteiger partial charge in [0, 0.05) is 6.54 Å². The zero-order chi connectivity index (χ0) is 13.0. The number of hydrogen-bond acceptors (Lipinski definition) is 3. The summed E-state index contributed by atoms with van der Waals surface area (Å²) in [5.74, 6) is 1.63. The third-order valence-corrected chi connectivity index (χ3v) is 4.14. The lowest BCUT2D eigenvalue weighted by molar-refractivity contribution is 0.0867. The van der Waals surface area contributed by atoms with Crippen molar-refractivity contribution in [1.29, 1.82) is 0 Å². The van der Waals surface area contributed by atoms with Crippen LogP contribution >= 0.6 is 15.9 Å². The molecule has 0 bridgehead atoms. The number of hydroxylamine groups is 1. The van der Waals surface area contributed by atoms with Crippen molar-refractivity contribution >= 4 is 15.9 Å². The molecule has 0 aliphatic heterocycles. The molecule has 1 N–H and O–H groups in total. The number of hydrogen-bond donors (Lipinski definition) is 1. The van der Waals surface area contributed by atoms with Gasteiger partial charge in [0.15, 0.2) is 0 Å². The van der Waals surface area contributed by atoms with E-state index in [1.807, 2.05) is 0 Å².